The number of aliphatic hydroxyl groups is 1. The summed E-state index contributed by atoms with van der Waals surface area (Å²) in [6.07, 6.45) is 3.48. The van der Waals surface area contributed by atoms with Gasteiger partial charge in [0.25, 0.3) is 0 Å². The Morgan fingerprint density at radius 2 is 1.81 bits per heavy atom. The second kappa shape index (κ2) is 8.27. The highest BCUT2D eigenvalue weighted by molar-refractivity contribution is 5.90. The third kappa shape index (κ3) is 4.07. The number of rotatable bonds is 6. The van der Waals surface area contributed by atoms with Gasteiger partial charge >= 0.3 is 5.97 Å². The molecule has 0 radical (unpaired) electrons. The van der Waals surface area contributed by atoms with Gasteiger partial charge in [-0.05, 0) is 29.3 Å². The fourth-order valence-electron chi connectivity index (χ4n) is 2.71. The smallest absolute Gasteiger partial charge is 0.337 e. The first-order chi connectivity index (χ1) is 12.7. The molecule has 1 aromatic heterocycles. The van der Waals surface area contributed by atoms with Crippen LogP contribution in [0.15, 0.2) is 73.1 Å². The van der Waals surface area contributed by atoms with Gasteiger partial charge in [-0.15, -0.1) is 0 Å². The van der Waals surface area contributed by atoms with Crippen molar-refractivity contribution < 1.29 is 14.6 Å². The zero-order chi connectivity index (χ0) is 18.4. The summed E-state index contributed by atoms with van der Waals surface area (Å²) in [7, 11) is 1.36. The number of anilines is 1. The summed E-state index contributed by atoms with van der Waals surface area (Å²) in [5.74, 6) is -0.362. The zero-order valence-electron chi connectivity index (χ0n) is 14.4. The number of nitrogens with one attached hydrogen (secondary N) is 1. The number of hydrogen-bond donors (Lipinski definition) is 2. The van der Waals surface area contributed by atoms with Crippen LogP contribution >= 0.6 is 0 Å². The molecule has 3 aromatic rings. The van der Waals surface area contributed by atoms with E-state index in [0.29, 0.717) is 5.56 Å². The van der Waals surface area contributed by atoms with Gasteiger partial charge < -0.3 is 15.2 Å². The fraction of sp³-hybridized carbons (Fsp3) is 0.143. The Kier molecular flexibility index (Phi) is 5.61. The van der Waals surface area contributed by atoms with Crippen molar-refractivity contribution in [1.29, 1.82) is 0 Å². The largest absolute Gasteiger partial charge is 0.465 e. The van der Waals surface area contributed by atoms with E-state index in [1.54, 1.807) is 24.5 Å². The Labute approximate surface area is 152 Å². The second-order valence-corrected chi connectivity index (χ2v) is 5.82. The van der Waals surface area contributed by atoms with Crippen molar-refractivity contribution in [2.24, 2.45) is 0 Å². The predicted molar refractivity (Wildman–Crippen MR) is 101 cm³/mol. The molecule has 0 spiro atoms. The van der Waals surface area contributed by atoms with Crippen molar-refractivity contribution in [2.45, 2.75) is 6.04 Å². The summed E-state index contributed by atoms with van der Waals surface area (Å²) in [5.41, 5.74) is 4.17. The van der Waals surface area contributed by atoms with E-state index >= 15 is 0 Å². The monoisotopic (exact) mass is 348 g/mol. The highest BCUT2D eigenvalue weighted by atomic mass is 16.5. The second-order valence-electron chi connectivity index (χ2n) is 5.82. The molecule has 0 aliphatic heterocycles. The summed E-state index contributed by atoms with van der Waals surface area (Å²) in [5, 5.41) is 13.0. The lowest BCUT2D eigenvalue weighted by atomic mass is 10.0. The number of ether oxygens (including phenoxy) is 1. The third-order valence-corrected chi connectivity index (χ3v) is 4.10. The highest BCUT2D eigenvalue weighted by Gasteiger charge is 2.11. The van der Waals surface area contributed by atoms with Crippen LogP contribution in [0.3, 0.4) is 0 Å². The van der Waals surface area contributed by atoms with E-state index in [1.807, 2.05) is 48.5 Å². The Hall–Kier alpha value is -3.18. The standard InChI is InChI=1S/C21H20N2O3/c1-26-21(25)17-9-7-15(8-10-17)18-11-19(13-22-12-18)23-20(14-24)16-5-3-2-4-6-16/h2-13,20,23-24H,14H2,1H3/t20-/m0/s1. The van der Waals surface area contributed by atoms with Crippen molar-refractivity contribution in [1.82, 2.24) is 4.98 Å². The molecule has 0 aliphatic rings. The lowest BCUT2D eigenvalue weighted by Gasteiger charge is -2.18. The van der Waals surface area contributed by atoms with Crippen LogP contribution in [0.1, 0.15) is 22.0 Å². The highest BCUT2D eigenvalue weighted by Crippen LogP contribution is 2.25. The van der Waals surface area contributed by atoms with Crippen LogP contribution in [0.25, 0.3) is 11.1 Å². The van der Waals surface area contributed by atoms with Gasteiger partial charge in [0.15, 0.2) is 0 Å². The lowest BCUT2D eigenvalue weighted by molar-refractivity contribution is 0.0601. The Morgan fingerprint density at radius 3 is 2.46 bits per heavy atom. The zero-order valence-corrected chi connectivity index (χ0v) is 14.4. The first-order valence-electron chi connectivity index (χ1n) is 8.27. The number of benzene rings is 2. The van der Waals surface area contributed by atoms with E-state index in [9.17, 15) is 9.90 Å². The maximum atomic E-state index is 11.5. The molecule has 26 heavy (non-hydrogen) atoms. The Bertz CT molecular complexity index is 864. The van der Waals surface area contributed by atoms with E-state index < -0.39 is 0 Å². The molecule has 132 valence electrons. The van der Waals surface area contributed by atoms with Crippen LogP contribution in [0.2, 0.25) is 0 Å². The van der Waals surface area contributed by atoms with Gasteiger partial charge in [0, 0.05) is 18.0 Å². The first kappa shape index (κ1) is 17.6. The first-order valence-corrected chi connectivity index (χ1v) is 8.27. The van der Waals surface area contributed by atoms with Gasteiger partial charge in [-0.1, -0.05) is 42.5 Å². The summed E-state index contributed by atoms with van der Waals surface area (Å²) < 4.78 is 4.71. The van der Waals surface area contributed by atoms with Crippen molar-refractivity contribution in [3.8, 4) is 11.1 Å². The van der Waals surface area contributed by atoms with Crippen LogP contribution in [0.5, 0.6) is 0 Å². The van der Waals surface area contributed by atoms with Crippen molar-refractivity contribution in [2.75, 3.05) is 19.0 Å². The van der Waals surface area contributed by atoms with Gasteiger partial charge in [-0.3, -0.25) is 4.98 Å². The van der Waals surface area contributed by atoms with E-state index in [2.05, 4.69) is 10.3 Å². The van der Waals surface area contributed by atoms with Crippen LogP contribution in [0.4, 0.5) is 5.69 Å². The van der Waals surface area contributed by atoms with Crippen LogP contribution in [0, 0.1) is 0 Å². The van der Waals surface area contributed by atoms with Crippen LogP contribution in [-0.4, -0.2) is 29.8 Å². The predicted octanol–water partition coefficient (Wildman–Crippen LogP) is 3.68. The van der Waals surface area contributed by atoms with Gasteiger partial charge in [-0.2, -0.15) is 0 Å². The minimum Gasteiger partial charge on any atom is -0.465 e. The van der Waals surface area contributed by atoms with Gasteiger partial charge in [0.2, 0.25) is 0 Å². The SMILES string of the molecule is COC(=O)c1ccc(-c2cncc(N[C@@H](CO)c3ccccc3)c2)cc1. The third-order valence-electron chi connectivity index (χ3n) is 4.10. The van der Waals surface area contributed by atoms with Gasteiger partial charge in [-0.25, -0.2) is 4.79 Å². The molecule has 0 saturated carbocycles. The average Bonchev–Trinajstić information content (AvgIpc) is 2.72. The Balaban J connectivity index is 1.80. The molecule has 0 unspecified atom stereocenters. The molecule has 5 heteroatoms. The van der Waals surface area contributed by atoms with E-state index in [1.165, 1.54) is 7.11 Å². The number of hydrogen-bond acceptors (Lipinski definition) is 5. The molecular formula is C21H20N2O3. The normalized spacial score (nSPS) is 11.6. The van der Waals surface area contributed by atoms with Gasteiger partial charge in [0.05, 0.1) is 31.0 Å². The molecule has 1 atom stereocenters. The number of aliphatic hydroxyl groups excluding tert-OH is 1. The van der Waals surface area contributed by atoms with Gasteiger partial charge in [0.1, 0.15) is 0 Å². The molecule has 2 N–H and O–H groups in total. The average molecular weight is 348 g/mol. The van der Waals surface area contributed by atoms with E-state index in [0.717, 1.165) is 22.4 Å². The molecule has 0 amide bonds. The Morgan fingerprint density at radius 1 is 1.08 bits per heavy atom. The minimum absolute atomic E-state index is 0.0257. The van der Waals surface area contributed by atoms with Crippen molar-refractivity contribution >= 4 is 11.7 Å². The maximum absolute atomic E-state index is 11.5. The molecule has 5 nitrogen and oxygen atoms in total. The van der Waals surface area contributed by atoms with Crippen molar-refractivity contribution in [3.05, 3.63) is 84.2 Å². The topological polar surface area (TPSA) is 71.5 Å². The van der Waals surface area contributed by atoms with E-state index in [4.69, 9.17) is 4.74 Å². The quantitative estimate of drug-likeness (QED) is 0.665. The fourth-order valence-corrected chi connectivity index (χ4v) is 2.71. The molecule has 0 aliphatic carbocycles. The number of esters is 1. The number of aromatic nitrogens is 1. The maximum Gasteiger partial charge on any atom is 0.337 e. The molecule has 3 rings (SSSR count). The van der Waals surface area contributed by atoms with Crippen LogP contribution < -0.4 is 5.32 Å². The number of carbonyl (C=O) groups excluding carboxylic acids is 1. The molecule has 0 bridgehead atoms. The molecule has 0 fully saturated rings. The summed E-state index contributed by atoms with van der Waals surface area (Å²) in [6, 6.07) is 18.7. The molecule has 1 heterocycles. The number of carbonyl (C=O) groups is 1. The number of pyridine rings is 1. The minimum atomic E-state index is -0.362. The summed E-state index contributed by atoms with van der Waals surface area (Å²) in [4.78, 5) is 15.8. The van der Waals surface area contributed by atoms with E-state index in [-0.39, 0.29) is 18.6 Å². The number of nitrogens with zero attached hydrogens (tertiary/aromatic N) is 1. The van der Waals surface area contributed by atoms with Crippen LogP contribution in [-0.2, 0) is 4.74 Å². The summed E-state index contributed by atoms with van der Waals surface area (Å²) >= 11 is 0. The molecular weight excluding hydrogens is 328 g/mol. The molecule has 0 saturated heterocycles. The van der Waals surface area contributed by atoms with Crippen molar-refractivity contribution in [3.63, 3.8) is 0 Å². The summed E-state index contributed by atoms with van der Waals surface area (Å²) in [6.45, 7) is -0.0257. The molecule has 2 aromatic carbocycles. The lowest BCUT2D eigenvalue weighted by Crippen LogP contribution is -2.14. The number of methoxy groups -OCH3 is 1.